The van der Waals surface area contributed by atoms with E-state index in [1.807, 2.05) is 42.5 Å². The van der Waals surface area contributed by atoms with Gasteiger partial charge >= 0.3 is 11.9 Å². The predicted molar refractivity (Wildman–Crippen MR) is 278 cm³/mol. The first kappa shape index (κ1) is 55.7. The van der Waals surface area contributed by atoms with Gasteiger partial charge < -0.3 is 52.0 Å². The number of hydrogen-bond acceptors (Lipinski definition) is 17. The minimum atomic E-state index is -1.12. The molecule has 8 rings (SSSR count). The Kier molecular flexibility index (Phi) is 20.3. The highest BCUT2D eigenvalue weighted by Crippen LogP contribution is 2.37. The van der Waals surface area contributed by atoms with Gasteiger partial charge in [0.15, 0.2) is 0 Å². The van der Waals surface area contributed by atoms with E-state index in [0.29, 0.717) is 44.3 Å². The number of nitrogens with one attached hydrogen (secondary N) is 8. The van der Waals surface area contributed by atoms with Crippen LogP contribution in [0.5, 0.6) is 0 Å². The number of esters is 2. The molecule has 74 heavy (non-hydrogen) atoms. The molecule has 2 spiro atoms. The molecule has 4 bridgehead atoms. The highest BCUT2D eigenvalue weighted by molar-refractivity contribution is 8.77. The van der Waals surface area contributed by atoms with Crippen LogP contribution in [-0.4, -0.2) is 148 Å². The third kappa shape index (κ3) is 17.0. The second kappa shape index (κ2) is 26.9. The Labute approximate surface area is 443 Å². The van der Waals surface area contributed by atoms with Gasteiger partial charge in [-0.15, -0.1) is 0 Å². The SMILES string of the molecule is O=C1C[C@H]2/C=C/CCSSC[C@@H](NC(=O)[C@@H](Cc3ccccc3)N1)C(=O)NC1(CC1)C(=O)NCC(=O)O2.O=C1C[C@H]2/C=C/CCSSC[C@@H](NC(=O)[C@@H](Cc3ccncc3)N1)C(=O)NC1(CC1)C(=O)NCC(=O)O2. The summed E-state index contributed by atoms with van der Waals surface area (Å²) in [4.78, 5) is 134. The number of ether oxygens (including phenoxy) is 2. The number of nitrogens with zero attached hydrogens (tertiary/aromatic N) is 1. The minimum absolute atomic E-state index is 0.170. The number of carbonyl (C=O) groups is 10. The lowest BCUT2D eigenvalue weighted by molar-refractivity contribution is -0.149. The Morgan fingerprint density at radius 2 is 0.959 bits per heavy atom. The predicted octanol–water partition coefficient (Wildman–Crippen LogP) is 0.636. The molecule has 2 aromatic rings. The molecule has 1 aromatic carbocycles. The van der Waals surface area contributed by atoms with Crippen LogP contribution < -0.4 is 42.5 Å². The molecule has 2 saturated carbocycles. The zero-order chi connectivity index (χ0) is 52.5. The Morgan fingerprint density at radius 3 is 1.39 bits per heavy atom. The van der Waals surface area contributed by atoms with E-state index in [0.717, 1.165) is 16.9 Å². The summed E-state index contributed by atoms with van der Waals surface area (Å²) in [6.45, 7) is -0.774. The highest BCUT2D eigenvalue weighted by Gasteiger charge is 2.53. The average molecular weight is 1090 g/mol. The number of aromatic nitrogens is 1. The number of hydrogen-bond donors (Lipinski definition) is 8. The van der Waals surface area contributed by atoms with E-state index in [9.17, 15) is 47.9 Å². The fraction of sp³-hybridized carbons (Fsp3) is 0.490. The van der Waals surface area contributed by atoms with Crippen LogP contribution in [0.3, 0.4) is 0 Å². The molecule has 6 aliphatic rings. The Balaban J connectivity index is 0.000000216. The number of pyridine rings is 1. The van der Waals surface area contributed by atoms with Gasteiger partial charge in [-0.1, -0.05) is 85.7 Å². The van der Waals surface area contributed by atoms with Gasteiger partial charge in [-0.2, -0.15) is 0 Å². The van der Waals surface area contributed by atoms with Crippen molar-refractivity contribution < 1.29 is 57.4 Å². The Bertz CT molecular complexity index is 2300. The van der Waals surface area contributed by atoms with Gasteiger partial charge in [-0.05, 0) is 73.9 Å². The van der Waals surface area contributed by atoms with Crippen molar-refractivity contribution in [3.05, 3.63) is 90.3 Å². The summed E-state index contributed by atoms with van der Waals surface area (Å²) < 4.78 is 10.9. The van der Waals surface area contributed by atoms with Gasteiger partial charge in [0, 0.05) is 48.2 Å². The standard InChI is InChI=1S/C25H30N4O6S2.C24H29N5O6S2/c30-20-13-17-8-4-5-11-36-37-15-19(28-22(32)18(27-20)12-16-6-2-1-3-7-16)23(33)29-25(9-10-25)24(34)26-14-21(31)35-17;30-19-12-16-3-1-2-10-36-37-14-18(28-21(32)17(27-19)11-15-4-8-25-9-5-15)22(33)29-24(6-7-24)23(34)26-13-20(31)35-16/h1-4,6-8,17-19H,5,9-15H2,(H,26,34)(H,27,30)(H,28,32)(H,29,33);1,3-5,8-9,16-18H,2,6-7,10-14H2,(H,26,34)(H,27,30)(H,28,32)(H,29,33)/b8-4+;3-1+/t17-,18-,19-;16-,17-,18-/m11/s1. The molecule has 1 aromatic heterocycles. The van der Waals surface area contributed by atoms with Gasteiger partial charge in [-0.3, -0.25) is 52.9 Å². The second-order valence-electron chi connectivity index (χ2n) is 18.2. The molecule has 2 saturated heterocycles. The minimum Gasteiger partial charge on any atom is -0.456 e. The fourth-order valence-corrected chi connectivity index (χ4v) is 12.3. The third-order valence-corrected chi connectivity index (χ3v) is 17.2. The average Bonchev–Trinajstić information content (AvgIpc) is 4.32. The zero-order valence-electron chi connectivity index (χ0n) is 40.3. The van der Waals surface area contributed by atoms with E-state index in [1.165, 1.54) is 32.4 Å². The normalized spacial score (nSPS) is 28.1. The van der Waals surface area contributed by atoms with Gasteiger partial charge in [0.25, 0.3) is 0 Å². The van der Waals surface area contributed by atoms with Crippen LogP contribution >= 0.6 is 43.2 Å². The maximum atomic E-state index is 13.4. The number of fused-ring (bicyclic) bond motifs is 14. The second-order valence-corrected chi connectivity index (χ2v) is 23.5. The number of amides is 8. The number of rotatable bonds is 4. The van der Waals surface area contributed by atoms with Gasteiger partial charge in [0.2, 0.25) is 47.3 Å². The van der Waals surface area contributed by atoms with Crippen molar-refractivity contribution in [1.82, 2.24) is 47.5 Å². The van der Waals surface area contributed by atoms with E-state index in [2.05, 4.69) is 47.5 Å². The number of benzene rings is 1. The molecule has 8 N–H and O–H groups in total. The quantitative estimate of drug-likeness (QED) is 0.118. The van der Waals surface area contributed by atoms with Crippen LogP contribution in [0.1, 0.15) is 62.5 Å². The molecule has 2 aliphatic carbocycles. The van der Waals surface area contributed by atoms with Gasteiger partial charge in [0.05, 0.1) is 12.8 Å². The largest absolute Gasteiger partial charge is 0.456 e. The first-order valence-corrected chi connectivity index (χ1v) is 29.2. The summed E-state index contributed by atoms with van der Waals surface area (Å²) in [6, 6.07) is 8.90. The van der Waals surface area contributed by atoms with E-state index in [-0.39, 0.29) is 50.3 Å². The van der Waals surface area contributed by atoms with Crippen LogP contribution in [0.25, 0.3) is 0 Å². The van der Waals surface area contributed by atoms with Gasteiger partial charge in [0.1, 0.15) is 60.5 Å². The highest BCUT2D eigenvalue weighted by atomic mass is 33.1. The summed E-state index contributed by atoms with van der Waals surface area (Å²) in [7, 11) is 5.96. The Morgan fingerprint density at radius 1 is 0.527 bits per heavy atom. The number of allylic oxidation sites excluding steroid dienone is 2. The summed E-state index contributed by atoms with van der Waals surface area (Å²) in [5.41, 5.74) is -0.629. The Hall–Kier alpha value is -6.05. The fourth-order valence-electron chi connectivity index (χ4n) is 7.96. The monoisotopic (exact) mass is 1090 g/mol. The molecular formula is C49H59N9O12S4. The number of carbonyl (C=O) groups excluding carboxylic acids is 10. The van der Waals surface area contributed by atoms with Crippen LogP contribution in [0.4, 0.5) is 0 Å². The molecule has 0 radical (unpaired) electrons. The molecule has 5 heterocycles. The summed E-state index contributed by atoms with van der Waals surface area (Å²) in [5.74, 6) is -3.39. The van der Waals surface area contributed by atoms with Crippen molar-refractivity contribution >= 4 is 102 Å². The molecule has 25 heteroatoms. The van der Waals surface area contributed by atoms with Crippen LogP contribution in [0, 0.1) is 0 Å². The molecule has 21 nitrogen and oxygen atoms in total. The first-order valence-electron chi connectivity index (χ1n) is 24.2. The van der Waals surface area contributed by atoms with Crippen molar-refractivity contribution in [2.24, 2.45) is 0 Å². The molecule has 0 unspecified atom stereocenters. The lowest BCUT2D eigenvalue weighted by atomic mass is 10.0. The molecule has 396 valence electrons. The maximum absolute atomic E-state index is 13.4. The topological polar surface area (TPSA) is 298 Å². The molecule has 6 atom stereocenters. The van der Waals surface area contributed by atoms with Crippen LogP contribution in [0.15, 0.2) is 79.2 Å². The smallest absolute Gasteiger partial charge is 0.326 e. The van der Waals surface area contributed by atoms with Crippen LogP contribution in [-0.2, 0) is 70.3 Å². The molecular weight excluding hydrogens is 1030 g/mol. The summed E-state index contributed by atoms with van der Waals surface area (Å²) >= 11 is 0. The van der Waals surface area contributed by atoms with Crippen molar-refractivity contribution in [1.29, 1.82) is 0 Å². The van der Waals surface area contributed by atoms with Crippen molar-refractivity contribution in [2.75, 3.05) is 36.1 Å². The van der Waals surface area contributed by atoms with E-state index in [1.54, 1.807) is 47.5 Å². The van der Waals surface area contributed by atoms with E-state index >= 15 is 0 Å². The molecule has 4 aliphatic heterocycles. The van der Waals surface area contributed by atoms with Crippen LogP contribution in [0.2, 0.25) is 0 Å². The van der Waals surface area contributed by atoms with E-state index in [4.69, 9.17) is 9.47 Å². The van der Waals surface area contributed by atoms with Crippen molar-refractivity contribution in [3.63, 3.8) is 0 Å². The lowest BCUT2D eigenvalue weighted by Crippen LogP contribution is -2.59. The molecule has 4 fully saturated rings. The first-order chi connectivity index (χ1) is 35.7. The lowest BCUT2D eigenvalue weighted by Gasteiger charge is -2.26. The maximum Gasteiger partial charge on any atom is 0.326 e. The summed E-state index contributed by atoms with van der Waals surface area (Å²) in [6.07, 6.45) is 11.4. The van der Waals surface area contributed by atoms with Crippen molar-refractivity contribution in [3.8, 4) is 0 Å². The zero-order valence-corrected chi connectivity index (χ0v) is 43.5. The summed E-state index contributed by atoms with van der Waals surface area (Å²) in [5, 5.41) is 21.7. The van der Waals surface area contributed by atoms with E-state index < -0.39 is 107 Å². The molecule has 8 amide bonds. The third-order valence-electron chi connectivity index (χ3n) is 12.3. The van der Waals surface area contributed by atoms with Gasteiger partial charge in [-0.25, -0.2) is 0 Å². The van der Waals surface area contributed by atoms with Crippen molar-refractivity contribution in [2.45, 2.75) is 112 Å².